The maximum Gasteiger partial charge on any atom is 0.346 e. The molecular weight excluding hydrogens is 344 g/mol. The van der Waals surface area contributed by atoms with Gasteiger partial charge in [-0.05, 0) is 18.6 Å². The number of aryl methyl sites for hydroxylation is 2. The number of amides is 1. The number of nitrogens with zero attached hydrogens (tertiary/aromatic N) is 6. The van der Waals surface area contributed by atoms with Crippen molar-refractivity contribution < 1.29 is 4.79 Å². The van der Waals surface area contributed by atoms with Crippen molar-refractivity contribution in [3.05, 3.63) is 69.7 Å². The molecule has 0 aliphatic carbocycles. The van der Waals surface area contributed by atoms with Gasteiger partial charge in [0.15, 0.2) is 0 Å². The third-order valence-corrected chi connectivity index (χ3v) is 4.88. The van der Waals surface area contributed by atoms with Gasteiger partial charge in [-0.1, -0.05) is 30.3 Å². The van der Waals surface area contributed by atoms with Crippen LogP contribution >= 0.6 is 0 Å². The van der Waals surface area contributed by atoms with Crippen LogP contribution in [0.5, 0.6) is 0 Å². The molecule has 0 N–H and O–H groups in total. The highest BCUT2D eigenvalue weighted by Gasteiger charge is 2.24. The van der Waals surface area contributed by atoms with Gasteiger partial charge in [0, 0.05) is 33.1 Å². The Bertz CT molecular complexity index is 1030. The van der Waals surface area contributed by atoms with Crippen LogP contribution in [0, 0.1) is 6.92 Å². The SMILES string of the molecule is Cc1cc(C(=O)N2CCc3nn(Cc4ccccc4)c(=O)n3CC2)n(C)n1. The molecule has 8 heteroatoms. The van der Waals surface area contributed by atoms with Gasteiger partial charge in [-0.25, -0.2) is 9.48 Å². The number of rotatable bonds is 3. The molecule has 3 heterocycles. The molecule has 27 heavy (non-hydrogen) atoms. The fourth-order valence-electron chi connectivity index (χ4n) is 3.50. The average molecular weight is 366 g/mol. The zero-order valence-electron chi connectivity index (χ0n) is 15.5. The maximum absolute atomic E-state index is 12.8. The van der Waals surface area contributed by atoms with E-state index in [1.807, 2.05) is 37.3 Å². The molecule has 0 atom stereocenters. The van der Waals surface area contributed by atoms with Crippen LogP contribution in [0.3, 0.4) is 0 Å². The van der Waals surface area contributed by atoms with E-state index in [9.17, 15) is 9.59 Å². The predicted octanol–water partition coefficient (Wildman–Crippen LogP) is 0.834. The monoisotopic (exact) mass is 366 g/mol. The van der Waals surface area contributed by atoms with Crippen molar-refractivity contribution in [2.45, 2.75) is 26.4 Å². The van der Waals surface area contributed by atoms with Crippen molar-refractivity contribution in [1.82, 2.24) is 29.0 Å². The largest absolute Gasteiger partial charge is 0.346 e. The van der Waals surface area contributed by atoms with E-state index in [4.69, 9.17) is 0 Å². The van der Waals surface area contributed by atoms with Crippen molar-refractivity contribution in [1.29, 1.82) is 0 Å². The number of hydrogen-bond donors (Lipinski definition) is 0. The van der Waals surface area contributed by atoms with Crippen LogP contribution in [0.4, 0.5) is 0 Å². The summed E-state index contributed by atoms with van der Waals surface area (Å²) in [6.07, 6.45) is 0.555. The van der Waals surface area contributed by atoms with Gasteiger partial charge in [-0.3, -0.25) is 14.0 Å². The molecule has 2 aromatic heterocycles. The normalized spacial score (nSPS) is 14.1. The Kier molecular flexibility index (Phi) is 4.39. The topological polar surface area (TPSA) is 78.0 Å². The minimum Gasteiger partial charge on any atom is -0.335 e. The standard InChI is InChI=1S/C19H22N6O2/c1-14-12-16(22(2)20-14)18(26)23-9-8-17-21-25(19(27)24(17)11-10-23)13-15-6-4-3-5-7-15/h3-7,12H,8-11,13H2,1-2H3. The van der Waals surface area contributed by atoms with Crippen molar-refractivity contribution in [2.75, 3.05) is 13.1 Å². The molecule has 3 aromatic rings. The number of aromatic nitrogens is 5. The molecule has 0 saturated heterocycles. The molecule has 8 nitrogen and oxygen atoms in total. The Hall–Kier alpha value is -3.16. The number of carbonyl (C=O) groups excluding carboxylic acids is 1. The molecule has 0 saturated carbocycles. The lowest BCUT2D eigenvalue weighted by Crippen LogP contribution is -2.36. The van der Waals surface area contributed by atoms with Gasteiger partial charge in [0.05, 0.1) is 12.2 Å². The van der Waals surface area contributed by atoms with E-state index >= 15 is 0 Å². The van der Waals surface area contributed by atoms with Crippen LogP contribution in [0.2, 0.25) is 0 Å². The van der Waals surface area contributed by atoms with Crippen LogP contribution < -0.4 is 5.69 Å². The molecule has 0 spiro atoms. The van der Waals surface area contributed by atoms with Gasteiger partial charge in [-0.2, -0.15) is 10.2 Å². The summed E-state index contributed by atoms with van der Waals surface area (Å²) in [6.45, 7) is 3.78. The second-order valence-corrected chi connectivity index (χ2v) is 6.83. The molecule has 4 rings (SSSR count). The summed E-state index contributed by atoms with van der Waals surface area (Å²) in [5.74, 6) is 0.667. The molecule has 0 bridgehead atoms. The van der Waals surface area contributed by atoms with E-state index in [0.29, 0.717) is 38.3 Å². The quantitative estimate of drug-likeness (QED) is 0.688. The second kappa shape index (κ2) is 6.86. The Morgan fingerprint density at radius 2 is 1.89 bits per heavy atom. The van der Waals surface area contributed by atoms with Gasteiger partial charge in [0.2, 0.25) is 0 Å². The first-order chi connectivity index (χ1) is 13.0. The lowest BCUT2D eigenvalue weighted by molar-refractivity contribution is 0.0747. The summed E-state index contributed by atoms with van der Waals surface area (Å²) >= 11 is 0. The first-order valence-corrected chi connectivity index (χ1v) is 9.03. The van der Waals surface area contributed by atoms with Crippen LogP contribution in [0.15, 0.2) is 41.2 Å². The Morgan fingerprint density at radius 3 is 2.59 bits per heavy atom. The summed E-state index contributed by atoms with van der Waals surface area (Å²) in [4.78, 5) is 27.3. The molecule has 1 aliphatic heterocycles. The van der Waals surface area contributed by atoms with Crippen molar-refractivity contribution in [3.8, 4) is 0 Å². The minimum atomic E-state index is -0.125. The van der Waals surface area contributed by atoms with E-state index in [1.165, 1.54) is 4.68 Å². The summed E-state index contributed by atoms with van der Waals surface area (Å²) < 4.78 is 4.80. The fourth-order valence-corrected chi connectivity index (χ4v) is 3.50. The Labute approximate surface area is 156 Å². The summed E-state index contributed by atoms with van der Waals surface area (Å²) in [5, 5.41) is 8.75. The van der Waals surface area contributed by atoms with E-state index in [2.05, 4.69) is 10.2 Å². The number of carbonyl (C=O) groups is 1. The molecule has 140 valence electrons. The highest BCUT2D eigenvalue weighted by Crippen LogP contribution is 2.11. The third-order valence-electron chi connectivity index (χ3n) is 4.88. The second-order valence-electron chi connectivity index (χ2n) is 6.83. The zero-order valence-corrected chi connectivity index (χ0v) is 15.5. The van der Waals surface area contributed by atoms with Crippen molar-refractivity contribution in [2.24, 2.45) is 7.05 Å². The molecule has 0 fully saturated rings. The van der Waals surface area contributed by atoms with Gasteiger partial charge in [0.25, 0.3) is 5.91 Å². The molecule has 0 unspecified atom stereocenters. The van der Waals surface area contributed by atoms with Gasteiger partial charge in [0.1, 0.15) is 11.5 Å². The molecule has 1 aromatic carbocycles. The minimum absolute atomic E-state index is 0.0616. The van der Waals surface area contributed by atoms with E-state index < -0.39 is 0 Å². The summed E-state index contributed by atoms with van der Waals surface area (Å²) in [6, 6.07) is 11.6. The Morgan fingerprint density at radius 1 is 1.11 bits per heavy atom. The third kappa shape index (κ3) is 3.30. The highest BCUT2D eigenvalue weighted by molar-refractivity contribution is 5.92. The number of benzene rings is 1. The molecule has 1 aliphatic rings. The molecule has 0 radical (unpaired) electrons. The number of fused-ring (bicyclic) bond motifs is 1. The van der Waals surface area contributed by atoms with Crippen molar-refractivity contribution in [3.63, 3.8) is 0 Å². The van der Waals surface area contributed by atoms with Crippen LogP contribution in [0.1, 0.15) is 27.6 Å². The number of hydrogen-bond acceptors (Lipinski definition) is 4. The van der Waals surface area contributed by atoms with Crippen LogP contribution in [-0.4, -0.2) is 48.0 Å². The van der Waals surface area contributed by atoms with E-state index in [-0.39, 0.29) is 11.6 Å². The smallest absolute Gasteiger partial charge is 0.335 e. The van der Waals surface area contributed by atoms with Gasteiger partial charge >= 0.3 is 5.69 Å². The van der Waals surface area contributed by atoms with Crippen molar-refractivity contribution >= 4 is 5.91 Å². The van der Waals surface area contributed by atoms with E-state index in [0.717, 1.165) is 17.1 Å². The predicted molar refractivity (Wildman–Crippen MR) is 99.6 cm³/mol. The first-order valence-electron chi connectivity index (χ1n) is 9.03. The lowest BCUT2D eigenvalue weighted by Gasteiger charge is -2.19. The van der Waals surface area contributed by atoms with Gasteiger partial charge in [-0.15, -0.1) is 0 Å². The van der Waals surface area contributed by atoms with E-state index in [1.54, 1.807) is 27.3 Å². The molecule has 1 amide bonds. The van der Waals surface area contributed by atoms with Gasteiger partial charge < -0.3 is 4.90 Å². The van der Waals surface area contributed by atoms with Crippen LogP contribution in [-0.2, 0) is 26.6 Å². The summed E-state index contributed by atoms with van der Waals surface area (Å²) in [5.41, 5.74) is 2.29. The fraction of sp³-hybridized carbons (Fsp3) is 0.368. The lowest BCUT2D eigenvalue weighted by atomic mass is 10.2. The zero-order chi connectivity index (χ0) is 19.0. The highest BCUT2D eigenvalue weighted by atomic mass is 16.2. The first kappa shape index (κ1) is 17.3. The maximum atomic E-state index is 12.8. The average Bonchev–Trinajstić information content (AvgIpc) is 3.05. The Balaban J connectivity index is 1.52. The summed E-state index contributed by atoms with van der Waals surface area (Å²) in [7, 11) is 1.77. The van der Waals surface area contributed by atoms with Crippen LogP contribution in [0.25, 0.3) is 0 Å². The molecular formula is C19H22N6O2.